The Kier molecular flexibility index (Phi) is 3.44. The number of nitrogens with zero attached hydrogens (tertiary/aromatic N) is 4. The summed E-state index contributed by atoms with van der Waals surface area (Å²) in [7, 11) is 1.89. The van der Waals surface area contributed by atoms with Crippen LogP contribution in [0, 0.1) is 11.3 Å². The van der Waals surface area contributed by atoms with Gasteiger partial charge in [-0.15, -0.1) is 0 Å². The average Bonchev–Trinajstić information content (AvgIpc) is 3.21. The summed E-state index contributed by atoms with van der Waals surface area (Å²) < 4.78 is 1.81. The molecule has 5 heteroatoms. The fourth-order valence-corrected chi connectivity index (χ4v) is 3.02. The summed E-state index contributed by atoms with van der Waals surface area (Å²) in [6.07, 6.45) is 1.80. The van der Waals surface area contributed by atoms with Gasteiger partial charge in [0.1, 0.15) is 11.4 Å². The number of hydrogen-bond acceptors (Lipinski definition) is 3. The molecule has 0 bridgehead atoms. The minimum absolute atomic E-state index is 0.599. The lowest BCUT2D eigenvalue weighted by Gasteiger charge is -2.00. The van der Waals surface area contributed by atoms with E-state index < -0.39 is 0 Å². The van der Waals surface area contributed by atoms with Crippen LogP contribution >= 0.6 is 0 Å². The lowest BCUT2D eigenvalue weighted by Crippen LogP contribution is -1.95. The van der Waals surface area contributed by atoms with Crippen LogP contribution in [0.2, 0.25) is 0 Å². The number of H-pyrrole nitrogens is 1. The molecule has 2 aromatic carbocycles. The molecule has 4 aromatic rings. The van der Waals surface area contributed by atoms with Crippen molar-refractivity contribution < 1.29 is 0 Å². The number of rotatable bonds is 3. The SMILES string of the molecule is C=Cc1c(-c2ccccc2)nn(C)c1-c1nc2ccc(C#N)cc2[nH]1. The van der Waals surface area contributed by atoms with Crippen molar-refractivity contribution in [1.29, 1.82) is 5.26 Å². The lowest BCUT2D eigenvalue weighted by atomic mass is 10.1. The topological polar surface area (TPSA) is 70.3 Å². The highest BCUT2D eigenvalue weighted by Gasteiger charge is 2.19. The molecular formula is C20H15N5. The number of hydrogen-bond donors (Lipinski definition) is 1. The van der Waals surface area contributed by atoms with Gasteiger partial charge in [-0.05, 0) is 18.2 Å². The van der Waals surface area contributed by atoms with E-state index in [2.05, 4.69) is 27.7 Å². The summed E-state index contributed by atoms with van der Waals surface area (Å²) in [6, 6.07) is 17.6. The highest BCUT2D eigenvalue weighted by molar-refractivity contribution is 5.85. The number of benzene rings is 2. The number of nitrogens with one attached hydrogen (secondary N) is 1. The maximum atomic E-state index is 9.06. The number of aromatic nitrogens is 4. The molecule has 25 heavy (non-hydrogen) atoms. The molecule has 0 radical (unpaired) electrons. The fourth-order valence-electron chi connectivity index (χ4n) is 3.02. The first-order valence-corrected chi connectivity index (χ1v) is 7.86. The summed E-state index contributed by atoms with van der Waals surface area (Å²) in [5.74, 6) is 0.706. The third-order valence-electron chi connectivity index (χ3n) is 4.17. The van der Waals surface area contributed by atoms with Crippen molar-refractivity contribution in [3.63, 3.8) is 0 Å². The maximum absolute atomic E-state index is 9.06. The van der Waals surface area contributed by atoms with E-state index in [1.54, 1.807) is 18.2 Å². The predicted molar refractivity (Wildman–Crippen MR) is 98.5 cm³/mol. The van der Waals surface area contributed by atoms with Gasteiger partial charge in [-0.3, -0.25) is 4.68 Å². The lowest BCUT2D eigenvalue weighted by molar-refractivity contribution is 0.775. The molecule has 0 aliphatic heterocycles. The van der Waals surface area contributed by atoms with E-state index in [1.165, 1.54) is 0 Å². The van der Waals surface area contributed by atoms with E-state index in [-0.39, 0.29) is 0 Å². The van der Waals surface area contributed by atoms with E-state index in [0.717, 1.165) is 33.5 Å². The normalized spacial score (nSPS) is 10.7. The van der Waals surface area contributed by atoms with E-state index in [0.29, 0.717) is 11.4 Å². The van der Waals surface area contributed by atoms with Gasteiger partial charge in [0.05, 0.1) is 22.7 Å². The summed E-state index contributed by atoms with van der Waals surface area (Å²) in [4.78, 5) is 7.96. The van der Waals surface area contributed by atoms with E-state index in [9.17, 15) is 0 Å². The van der Waals surface area contributed by atoms with Crippen LogP contribution in [0.25, 0.3) is 39.9 Å². The van der Waals surface area contributed by atoms with Crippen LogP contribution in [0.15, 0.2) is 55.1 Å². The first kappa shape index (κ1) is 14.9. The van der Waals surface area contributed by atoms with Gasteiger partial charge >= 0.3 is 0 Å². The van der Waals surface area contributed by atoms with Gasteiger partial charge in [-0.1, -0.05) is 43.0 Å². The number of aromatic amines is 1. The molecule has 0 aliphatic rings. The third-order valence-corrected chi connectivity index (χ3v) is 4.17. The van der Waals surface area contributed by atoms with Gasteiger partial charge in [0, 0.05) is 18.2 Å². The van der Waals surface area contributed by atoms with Crippen LogP contribution < -0.4 is 0 Å². The number of imidazole rings is 1. The molecule has 5 nitrogen and oxygen atoms in total. The zero-order valence-electron chi connectivity index (χ0n) is 13.7. The number of nitriles is 1. The largest absolute Gasteiger partial charge is 0.337 e. The summed E-state index contributed by atoms with van der Waals surface area (Å²) >= 11 is 0. The number of aryl methyl sites for hydroxylation is 1. The van der Waals surface area contributed by atoms with Gasteiger partial charge in [0.2, 0.25) is 0 Å². The van der Waals surface area contributed by atoms with Gasteiger partial charge in [-0.2, -0.15) is 10.4 Å². The Morgan fingerprint density at radius 2 is 2.00 bits per heavy atom. The second-order valence-electron chi connectivity index (χ2n) is 5.73. The Labute approximate surface area is 144 Å². The molecule has 0 saturated heterocycles. The van der Waals surface area contributed by atoms with Crippen LogP contribution in [0.4, 0.5) is 0 Å². The second kappa shape index (κ2) is 5.77. The molecule has 0 saturated carbocycles. The Bertz CT molecular complexity index is 1130. The van der Waals surface area contributed by atoms with Crippen molar-refractivity contribution in [2.75, 3.05) is 0 Å². The highest BCUT2D eigenvalue weighted by atomic mass is 15.3. The first-order valence-electron chi connectivity index (χ1n) is 7.86. The summed E-state index contributed by atoms with van der Waals surface area (Å²) in [6.45, 7) is 3.96. The van der Waals surface area contributed by atoms with Crippen molar-refractivity contribution >= 4 is 17.1 Å². The minimum atomic E-state index is 0.599. The molecule has 1 N–H and O–H groups in total. The Hall–Kier alpha value is -3.65. The zero-order valence-corrected chi connectivity index (χ0v) is 13.7. The second-order valence-corrected chi connectivity index (χ2v) is 5.73. The minimum Gasteiger partial charge on any atom is -0.337 e. The molecule has 2 heterocycles. The van der Waals surface area contributed by atoms with Crippen molar-refractivity contribution in [2.45, 2.75) is 0 Å². The van der Waals surface area contributed by atoms with E-state index >= 15 is 0 Å². The van der Waals surface area contributed by atoms with Crippen LogP contribution in [-0.4, -0.2) is 19.7 Å². The molecule has 120 valence electrons. The van der Waals surface area contributed by atoms with Crippen molar-refractivity contribution in [3.8, 4) is 28.8 Å². The smallest absolute Gasteiger partial charge is 0.157 e. The van der Waals surface area contributed by atoms with Crippen LogP contribution in [0.1, 0.15) is 11.1 Å². The molecule has 2 aromatic heterocycles. The van der Waals surface area contributed by atoms with Crippen molar-refractivity contribution in [3.05, 3.63) is 66.2 Å². The first-order chi connectivity index (χ1) is 12.2. The van der Waals surface area contributed by atoms with Gasteiger partial charge in [-0.25, -0.2) is 4.98 Å². The fraction of sp³-hybridized carbons (Fsp3) is 0.0500. The molecule has 0 amide bonds. The quantitative estimate of drug-likeness (QED) is 0.615. The Morgan fingerprint density at radius 3 is 2.72 bits per heavy atom. The van der Waals surface area contributed by atoms with E-state index in [1.807, 2.05) is 48.1 Å². The number of fused-ring (bicyclic) bond motifs is 1. The molecule has 0 atom stereocenters. The van der Waals surface area contributed by atoms with Gasteiger partial charge < -0.3 is 4.98 Å². The Balaban J connectivity index is 1.93. The molecule has 0 aliphatic carbocycles. The zero-order chi connectivity index (χ0) is 17.4. The standard InChI is InChI=1S/C20H15N5/c1-3-15-18(14-7-5-4-6-8-14)24-25(2)19(15)20-22-16-10-9-13(12-21)11-17(16)23-20/h3-11H,1H2,2H3,(H,22,23). The van der Waals surface area contributed by atoms with Crippen LogP contribution in [-0.2, 0) is 7.05 Å². The monoisotopic (exact) mass is 325 g/mol. The predicted octanol–water partition coefficient (Wildman–Crippen LogP) is 4.15. The molecule has 0 spiro atoms. The van der Waals surface area contributed by atoms with Crippen molar-refractivity contribution in [2.24, 2.45) is 7.05 Å². The highest BCUT2D eigenvalue weighted by Crippen LogP contribution is 2.32. The van der Waals surface area contributed by atoms with Crippen LogP contribution in [0.3, 0.4) is 0 Å². The maximum Gasteiger partial charge on any atom is 0.157 e. The summed E-state index contributed by atoms with van der Waals surface area (Å²) in [5.41, 5.74) is 5.92. The molecule has 4 rings (SSSR count). The molecule has 0 unspecified atom stereocenters. The van der Waals surface area contributed by atoms with Crippen molar-refractivity contribution in [1.82, 2.24) is 19.7 Å². The van der Waals surface area contributed by atoms with Gasteiger partial charge in [0.25, 0.3) is 0 Å². The summed E-state index contributed by atoms with van der Waals surface area (Å²) in [5, 5.41) is 13.7. The molecular weight excluding hydrogens is 310 g/mol. The van der Waals surface area contributed by atoms with Crippen LogP contribution in [0.5, 0.6) is 0 Å². The van der Waals surface area contributed by atoms with Gasteiger partial charge in [0.15, 0.2) is 5.82 Å². The molecule has 0 fully saturated rings. The van der Waals surface area contributed by atoms with E-state index in [4.69, 9.17) is 5.26 Å². The Morgan fingerprint density at radius 1 is 1.20 bits per heavy atom. The average molecular weight is 325 g/mol. The third kappa shape index (κ3) is 2.41.